The molecular weight excluding hydrogens is 416 g/mol. The number of nitrogens with one attached hydrogen (secondary N) is 2. The van der Waals surface area contributed by atoms with Gasteiger partial charge in [0.15, 0.2) is 5.13 Å². The van der Waals surface area contributed by atoms with Gasteiger partial charge < -0.3 is 24.8 Å². The third-order valence-corrected chi connectivity index (χ3v) is 6.43. The lowest BCUT2D eigenvalue weighted by molar-refractivity contribution is 0.0900. The summed E-state index contributed by atoms with van der Waals surface area (Å²) < 4.78 is 7.47. The van der Waals surface area contributed by atoms with E-state index in [0.29, 0.717) is 41.6 Å². The second-order valence-corrected chi connectivity index (χ2v) is 9.29. The number of benzene rings is 1. The van der Waals surface area contributed by atoms with Crippen LogP contribution >= 0.6 is 11.3 Å². The van der Waals surface area contributed by atoms with Gasteiger partial charge in [-0.3, -0.25) is 9.59 Å². The first-order chi connectivity index (χ1) is 14.8. The SMILES string of the molecule is Cn1cncc1C(=O)Nc1ccc2c(c1)N(c1nc3c(s1)C(=O)NC(C)(C)C3)CCO2. The molecule has 0 atom stereocenters. The molecule has 3 aromatic rings. The van der Waals surface area contributed by atoms with Crippen molar-refractivity contribution in [1.82, 2.24) is 19.9 Å². The van der Waals surface area contributed by atoms with Gasteiger partial charge >= 0.3 is 0 Å². The number of nitrogens with zero attached hydrogens (tertiary/aromatic N) is 4. The highest BCUT2D eigenvalue weighted by Crippen LogP contribution is 2.41. The Balaban J connectivity index is 1.46. The Bertz CT molecular complexity index is 1200. The molecule has 4 heterocycles. The molecule has 0 saturated carbocycles. The predicted molar refractivity (Wildman–Crippen MR) is 117 cm³/mol. The van der Waals surface area contributed by atoms with Crippen LogP contribution in [0.25, 0.3) is 0 Å². The number of carbonyl (C=O) groups is 2. The smallest absolute Gasteiger partial charge is 0.273 e. The summed E-state index contributed by atoms with van der Waals surface area (Å²) in [5, 5.41) is 6.69. The van der Waals surface area contributed by atoms with Crippen LogP contribution in [0.4, 0.5) is 16.5 Å². The van der Waals surface area contributed by atoms with Crippen molar-refractivity contribution in [3.63, 3.8) is 0 Å². The third-order valence-electron chi connectivity index (χ3n) is 5.31. The summed E-state index contributed by atoms with van der Waals surface area (Å²) >= 11 is 1.38. The van der Waals surface area contributed by atoms with Gasteiger partial charge in [0.05, 0.1) is 30.5 Å². The van der Waals surface area contributed by atoms with Crippen molar-refractivity contribution in [2.75, 3.05) is 23.4 Å². The summed E-state index contributed by atoms with van der Waals surface area (Å²) in [6.45, 7) is 5.10. The molecule has 0 saturated heterocycles. The molecule has 160 valence electrons. The molecule has 5 rings (SSSR count). The van der Waals surface area contributed by atoms with Crippen molar-refractivity contribution < 1.29 is 14.3 Å². The van der Waals surface area contributed by atoms with Gasteiger partial charge in [0.2, 0.25) is 0 Å². The average Bonchev–Trinajstić information content (AvgIpc) is 3.33. The molecule has 1 aromatic carbocycles. The van der Waals surface area contributed by atoms with Crippen LogP contribution in [-0.4, -0.2) is 45.0 Å². The van der Waals surface area contributed by atoms with Gasteiger partial charge in [-0.1, -0.05) is 11.3 Å². The number of thiazole rings is 1. The monoisotopic (exact) mass is 438 g/mol. The lowest BCUT2D eigenvalue weighted by Crippen LogP contribution is -2.48. The first kappa shape index (κ1) is 19.6. The van der Waals surface area contributed by atoms with Gasteiger partial charge in [-0.25, -0.2) is 9.97 Å². The molecule has 0 fully saturated rings. The topological polar surface area (TPSA) is 101 Å². The third kappa shape index (κ3) is 3.52. The second-order valence-electron chi connectivity index (χ2n) is 8.31. The van der Waals surface area contributed by atoms with Crippen molar-refractivity contribution in [3.8, 4) is 5.75 Å². The Labute approximate surface area is 183 Å². The molecule has 2 aromatic heterocycles. The van der Waals surface area contributed by atoms with Gasteiger partial charge in [-0.15, -0.1) is 0 Å². The van der Waals surface area contributed by atoms with Gasteiger partial charge in [0.25, 0.3) is 11.8 Å². The molecule has 0 radical (unpaired) electrons. The van der Waals surface area contributed by atoms with Crippen LogP contribution in [0.1, 0.15) is 39.7 Å². The Morgan fingerprint density at radius 3 is 2.97 bits per heavy atom. The Hall–Kier alpha value is -3.40. The molecule has 9 nitrogen and oxygen atoms in total. The summed E-state index contributed by atoms with van der Waals surface area (Å²) in [5.74, 6) is 0.384. The van der Waals surface area contributed by atoms with Crippen LogP contribution < -0.4 is 20.3 Å². The lowest BCUT2D eigenvalue weighted by Gasteiger charge is -2.29. The maximum Gasteiger partial charge on any atom is 0.273 e. The minimum absolute atomic E-state index is 0.0827. The van der Waals surface area contributed by atoms with Crippen molar-refractivity contribution in [2.45, 2.75) is 25.8 Å². The highest BCUT2D eigenvalue weighted by Gasteiger charge is 2.34. The van der Waals surface area contributed by atoms with E-state index in [1.54, 1.807) is 24.0 Å². The largest absolute Gasteiger partial charge is 0.490 e. The first-order valence-corrected chi connectivity index (χ1v) is 10.8. The van der Waals surface area contributed by atoms with Crippen molar-refractivity contribution in [1.29, 1.82) is 0 Å². The van der Waals surface area contributed by atoms with Crippen LogP contribution in [0.5, 0.6) is 5.75 Å². The second kappa shape index (κ2) is 7.09. The zero-order chi connectivity index (χ0) is 21.8. The number of fused-ring (bicyclic) bond motifs is 2. The Kier molecular flexibility index (Phi) is 4.47. The number of hydrogen-bond acceptors (Lipinski definition) is 7. The molecule has 0 aliphatic carbocycles. The number of hydrogen-bond donors (Lipinski definition) is 2. The number of carbonyl (C=O) groups excluding carboxylic acids is 2. The number of ether oxygens (including phenoxy) is 1. The van der Waals surface area contributed by atoms with Gasteiger partial charge in [0.1, 0.15) is 22.9 Å². The van der Waals surface area contributed by atoms with Crippen molar-refractivity contribution in [3.05, 3.63) is 47.0 Å². The molecule has 2 N–H and O–H groups in total. The molecule has 10 heteroatoms. The van der Waals surface area contributed by atoms with Crippen LogP contribution in [0.15, 0.2) is 30.7 Å². The lowest BCUT2D eigenvalue weighted by atomic mass is 9.94. The van der Waals surface area contributed by atoms with E-state index in [4.69, 9.17) is 9.72 Å². The minimum atomic E-state index is -0.318. The Morgan fingerprint density at radius 1 is 1.35 bits per heavy atom. The number of aromatic nitrogens is 3. The molecule has 31 heavy (non-hydrogen) atoms. The fraction of sp³-hybridized carbons (Fsp3) is 0.333. The van der Waals surface area contributed by atoms with Crippen LogP contribution in [0, 0.1) is 0 Å². The molecule has 2 aliphatic heterocycles. The highest BCUT2D eigenvalue weighted by atomic mass is 32.1. The molecular formula is C21H22N6O3S. The number of imidazole rings is 1. The molecule has 2 aliphatic rings. The molecule has 2 amide bonds. The molecule has 0 bridgehead atoms. The van der Waals surface area contributed by atoms with E-state index in [1.807, 2.05) is 30.9 Å². The van der Waals surface area contributed by atoms with Gasteiger partial charge in [-0.05, 0) is 32.0 Å². The molecule has 0 unspecified atom stereocenters. The maximum atomic E-state index is 12.6. The Morgan fingerprint density at radius 2 is 2.19 bits per heavy atom. The van der Waals surface area contributed by atoms with E-state index >= 15 is 0 Å². The zero-order valence-corrected chi connectivity index (χ0v) is 18.2. The van der Waals surface area contributed by atoms with E-state index in [9.17, 15) is 9.59 Å². The number of rotatable bonds is 3. The minimum Gasteiger partial charge on any atom is -0.490 e. The zero-order valence-electron chi connectivity index (χ0n) is 17.4. The van der Waals surface area contributed by atoms with E-state index in [2.05, 4.69) is 15.6 Å². The van der Waals surface area contributed by atoms with E-state index in [1.165, 1.54) is 17.5 Å². The summed E-state index contributed by atoms with van der Waals surface area (Å²) in [6, 6.07) is 5.51. The van der Waals surface area contributed by atoms with E-state index < -0.39 is 0 Å². The average molecular weight is 439 g/mol. The van der Waals surface area contributed by atoms with E-state index in [-0.39, 0.29) is 17.4 Å². The van der Waals surface area contributed by atoms with Crippen LogP contribution in [0.3, 0.4) is 0 Å². The highest BCUT2D eigenvalue weighted by molar-refractivity contribution is 7.17. The maximum absolute atomic E-state index is 12.6. The fourth-order valence-corrected chi connectivity index (χ4v) is 4.86. The van der Waals surface area contributed by atoms with Gasteiger partial charge in [0, 0.05) is 24.7 Å². The standard InChI is InChI=1S/C21H22N6O3S/c1-21(2)9-13-17(19(29)25-21)31-20(24-13)27-6-7-30-16-5-4-12(8-14(16)27)23-18(28)15-10-22-11-26(15)3/h4-5,8,10-11H,6-7,9H2,1-3H3,(H,23,28)(H,25,29). The van der Waals surface area contributed by atoms with Gasteiger partial charge in [-0.2, -0.15) is 0 Å². The quantitative estimate of drug-likeness (QED) is 0.652. The van der Waals surface area contributed by atoms with Crippen molar-refractivity contribution >= 4 is 39.7 Å². The first-order valence-electron chi connectivity index (χ1n) is 9.95. The van der Waals surface area contributed by atoms with E-state index in [0.717, 1.165) is 16.5 Å². The van der Waals surface area contributed by atoms with Crippen molar-refractivity contribution in [2.24, 2.45) is 7.05 Å². The predicted octanol–water partition coefficient (Wildman–Crippen LogP) is 2.72. The summed E-state index contributed by atoms with van der Waals surface area (Å²) in [6.07, 6.45) is 3.79. The number of aryl methyl sites for hydroxylation is 1. The normalized spacial score (nSPS) is 16.7. The summed E-state index contributed by atoms with van der Waals surface area (Å²) in [7, 11) is 1.77. The molecule has 0 spiro atoms. The van der Waals surface area contributed by atoms with Crippen LogP contribution in [0.2, 0.25) is 0 Å². The summed E-state index contributed by atoms with van der Waals surface area (Å²) in [4.78, 5) is 36.6. The number of amides is 2. The summed E-state index contributed by atoms with van der Waals surface area (Å²) in [5.41, 5.74) is 2.41. The van der Waals surface area contributed by atoms with Crippen LogP contribution in [-0.2, 0) is 13.5 Å². The number of anilines is 3. The fourth-order valence-electron chi connectivity index (χ4n) is 3.84.